The van der Waals surface area contributed by atoms with Gasteiger partial charge in [-0.3, -0.25) is 9.80 Å². The van der Waals surface area contributed by atoms with Gasteiger partial charge in [-0.15, -0.1) is 0 Å². The Kier molecular flexibility index (Phi) is 5.06. The van der Waals surface area contributed by atoms with E-state index in [-0.39, 0.29) is 0 Å². The molecule has 0 unspecified atom stereocenters. The molecule has 0 aromatic carbocycles. The Morgan fingerprint density at radius 3 is 2.76 bits per heavy atom. The van der Waals surface area contributed by atoms with Gasteiger partial charge in [-0.05, 0) is 25.5 Å². The average Bonchev–Trinajstić information content (AvgIpc) is 3.05. The molecule has 0 spiro atoms. The third-order valence-electron chi connectivity index (χ3n) is 4.45. The van der Waals surface area contributed by atoms with Crippen LogP contribution in [0, 0.1) is 0 Å². The first-order valence-electron chi connectivity index (χ1n) is 8.10. The molecular formula is C16H26N4O. The standard InChI is InChI=1S/C16H26N4O/c1-2-21-16-4-3-14(11-18-16)13-19-7-9-20(10-8-19)15-5-6-17-12-15/h3-4,11,15,17H,2,5-10,12-13H2,1H3/t15-/m1/s1. The molecule has 3 rings (SSSR count). The maximum Gasteiger partial charge on any atom is 0.213 e. The number of hydrogen-bond donors (Lipinski definition) is 1. The van der Waals surface area contributed by atoms with Crippen molar-refractivity contribution in [2.75, 3.05) is 45.9 Å². The molecule has 0 aliphatic carbocycles. The predicted octanol–water partition coefficient (Wildman–Crippen LogP) is 0.960. The van der Waals surface area contributed by atoms with E-state index < -0.39 is 0 Å². The zero-order valence-electron chi connectivity index (χ0n) is 12.9. The molecule has 3 heterocycles. The number of nitrogens with one attached hydrogen (secondary N) is 1. The van der Waals surface area contributed by atoms with Crippen molar-refractivity contribution in [1.29, 1.82) is 0 Å². The highest BCUT2D eigenvalue weighted by atomic mass is 16.5. The van der Waals surface area contributed by atoms with Gasteiger partial charge in [-0.1, -0.05) is 6.07 Å². The largest absolute Gasteiger partial charge is 0.478 e. The number of rotatable bonds is 5. The highest BCUT2D eigenvalue weighted by Gasteiger charge is 2.25. The molecule has 116 valence electrons. The molecular weight excluding hydrogens is 264 g/mol. The number of piperazine rings is 1. The first-order chi connectivity index (χ1) is 10.3. The molecule has 0 saturated carbocycles. The van der Waals surface area contributed by atoms with E-state index in [1.807, 2.05) is 19.2 Å². The van der Waals surface area contributed by atoms with Crippen LogP contribution < -0.4 is 10.1 Å². The monoisotopic (exact) mass is 290 g/mol. The van der Waals surface area contributed by atoms with Crippen LogP contribution in [0.2, 0.25) is 0 Å². The lowest BCUT2D eigenvalue weighted by molar-refractivity contribution is 0.0980. The van der Waals surface area contributed by atoms with Crippen molar-refractivity contribution >= 4 is 0 Å². The second-order valence-corrected chi connectivity index (χ2v) is 5.90. The van der Waals surface area contributed by atoms with Crippen molar-refractivity contribution < 1.29 is 4.74 Å². The van der Waals surface area contributed by atoms with Gasteiger partial charge in [0, 0.05) is 57.6 Å². The van der Waals surface area contributed by atoms with E-state index >= 15 is 0 Å². The summed E-state index contributed by atoms with van der Waals surface area (Å²) in [5.74, 6) is 0.722. The van der Waals surface area contributed by atoms with Crippen molar-refractivity contribution in [3.63, 3.8) is 0 Å². The van der Waals surface area contributed by atoms with Gasteiger partial charge in [-0.2, -0.15) is 0 Å². The Morgan fingerprint density at radius 2 is 2.14 bits per heavy atom. The van der Waals surface area contributed by atoms with Crippen molar-refractivity contribution in [3.8, 4) is 5.88 Å². The molecule has 0 amide bonds. The van der Waals surface area contributed by atoms with E-state index in [2.05, 4.69) is 26.2 Å². The lowest BCUT2D eigenvalue weighted by atomic mass is 10.1. The third kappa shape index (κ3) is 3.93. The molecule has 1 N–H and O–H groups in total. The number of pyridine rings is 1. The Hall–Kier alpha value is -1.17. The smallest absolute Gasteiger partial charge is 0.213 e. The molecule has 0 radical (unpaired) electrons. The second kappa shape index (κ2) is 7.20. The third-order valence-corrected chi connectivity index (χ3v) is 4.45. The average molecular weight is 290 g/mol. The van der Waals surface area contributed by atoms with Crippen LogP contribution in [0.15, 0.2) is 18.3 Å². The molecule has 2 fully saturated rings. The van der Waals surface area contributed by atoms with Gasteiger partial charge in [0.15, 0.2) is 0 Å². The summed E-state index contributed by atoms with van der Waals surface area (Å²) in [4.78, 5) is 9.51. The fourth-order valence-corrected chi connectivity index (χ4v) is 3.23. The lowest BCUT2D eigenvalue weighted by Gasteiger charge is -2.37. The van der Waals surface area contributed by atoms with Crippen molar-refractivity contribution in [2.45, 2.75) is 25.9 Å². The fraction of sp³-hybridized carbons (Fsp3) is 0.688. The van der Waals surface area contributed by atoms with Crippen LogP contribution in [0.3, 0.4) is 0 Å². The number of hydrogen-bond acceptors (Lipinski definition) is 5. The second-order valence-electron chi connectivity index (χ2n) is 5.90. The van der Waals surface area contributed by atoms with Crippen LogP contribution >= 0.6 is 0 Å². The Balaban J connectivity index is 1.46. The summed E-state index contributed by atoms with van der Waals surface area (Å²) in [6.45, 7) is 10.7. The van der Waals surface area contributed by atoms with Crippen molar-refractivity contribution in [2.24, 2.45) is 0 Å². The first-order valence-corrected chi connectivity index (χ1v) is 8.10. The molecule has 1 aromatic heterocycles. The fourth-order valence-electron chi connectivity index (χ4n) is 3.23. The van der Waals surface area contributed by atoms with Crippen molar-refractivity contribution in [1.82, 2.24) is 20.1 Å². The zero-order chi connectivity index (χ0) is 14.5. The number of ether oxygens (including phenoxy) is 1. The number of nitrogens with zero attached hydrogens (tertiary/aromatic N) is 3. The number of aromatic nitrogens is 1. The van der Waals surface area contributed by atoms with Crippen LogP contribution in [0.5, 0.6) is 5.88 Å². The summed E-state index contributed by atoms with van der Waals surface area (Å²) in [6.07, 6.45) is 3.25. The summed E-state index contributed by atoms with van der Waals surface area (Å²) in [7, 11) is 0. The van der Waals surface area contributed by atoms with E-state index in [1.54, 1.807) is 0 Å². The van der Waals surface area contributed by atoms with Gasteiger partial charge in [0.25, 0.3) is 0 Å². The van der Waals surface area contributed by atoms with Crippen LogP contribution in [-0.2, 0) is 6.54 Å². The van der Waals surface area contributed by atoms with Crippen molar-refractivity contribution in [3.05, 3.63) is 23.9 Å². The highest BCUT2D eigenvalue weighted by molar-refractivity contribution is 5.17. The van der Waals surface area contributed by atoms with Crippen LogP contribution in [-0.4, -0.2) is 66.7 Å². The minimum Gasteiger partial charge on any atom is -0.478 e. The molecule has 2 aliphatic rings. The summed E-state index contributed by atoms with van der Waals surface area (Å²) in [5, 5.41) is 3.46. The van der Waals surface area contributed by atoms with E-state index in [0.29, 0.717) is 6.61 Å². The maximum absolute atomic E-state index is 5.38. The van der Waals surface area contributed by atoms with E-state index in [1.165, 1.54) is 38.2 Å². The van der Waals surface area contributed by atoms with E-state index in [9.17, 15) is 0 Å². The van der Waals surface area contributed by atoms with Gasteiger partial charge >= 0.3 is 0 Å². The quantitative estimate of drug-likeness (QED) is 0.875. The minimum atomic E-state index is 0.671. The molecule has 1 atom stereocenters. The Morgan fingerprint density at radius 1 is 1.29 bits per heavy atom. The first kappa shape index (κ1) is 14.8. The highest BCUT2D eigenvalue weighted by Crippen LogP contribution is 2.14. The molecule has 2 aliphatic heterocycles. The maximum atomic E-state index is 5.38. The van der Waals surface area contributed by atoms with Gasteiger partial charge in [0.1, 0.15) is 0 Å². The van der Waals surface area contributed by atoms with E-state index in [4.69, 9.17) is 4.74 Å². The summed E-state index contributed by atoms with van der Waals surface area (Å²) >= 11 is 0. The topological polar surface area (TPSA) is 40.6 Å². The van der Waals surface area contributed by atoms with E-state index in [0.717, 1.165) is 31.6 Å². The predicted molar refractivity (Wildman–Crippen MR) is 83.5 cm³/mol. The Labute approximate surface area is 127 Å². The minimum absolute atomic E-state index is 0.671. The molecule has 5 nitrogen and oxygen atoms in total. The molecule has 21 heavy (non-hydrogen) atoms. The summed E-state index contributed by atoms with van der Waals surface area (Å²) < 4.78 is 5.38. The molecule has 0 bridgehead atoms. The van der Waals surface area contributed by atoms with Crippen LogP contribution in [0.1, 0.15) is 18.9 Å². The molecule has 1 aromatic rings. The van der Waals surface area contributed by atoms with Crippen LogP contribution in [0.25, 0.3) is 0 Å². The van der Waals surface area contributed by atoms with Gasteiger partial charge in [0.05, 0.1) is 6.61 Å². The molecule has 5 heteroatoms. The Bertz CT molecular complexity index is 422. The lowest BCUT2D eigenvalue weighted by Crippen LogP contribution is -2.50. The van der Waals surface area contributed by atoms with Gasteiger partial charge in [0.2, 0.25) is 5.88 Å². The normalized spacial score (nSPS) is 24.3. The summed E-state index contributed by atoms with van der Waals surface area (Å²) in [5.41, 5.74) is 1.27. The van der Waals surface area contributed by atoms with Gasteiger partial charge < -0.3 is 10.1 Å². The zero-order valence-corrected chi connectivity index (χ0v) is 12.9. The van der Waals surface area contributed by atoms with Crippen LogP contribution in [0.4, 0.5) is 0 Å². The van der Waals surface area contributed by atoms with Gasteiger partial charge in [-0.25, -0.2) is 4.98 Å². The SMILES string of the molecule is CCOc1ccc(CN2CCN([C@@H]3CCNC3)CC2)cn1. The summed E-state index contributed by atoms with van der Waals surface area (Å²) in [6, 6.07) is 4.86. The molecule has 2 saturated heterocycles.